The van der Waals surface area contributed by atoms with Gasteiger partial charge < -0.3 is 25.2 Å². The zero-order chi connectivity index (χ0) is 25.6. The van der Waals surface area contributed by atoms with E-state index in [1.54, 1.807) is 0 Å². The molecule has 1 aliphatic heterocycles. The molecule has 0 radical (unpaired) electrons. The van der Waals surface area contributed by atoms with Crippen LogP contribution >= 0.6 is 0 Å². The van der Waals surface area contributed by atoms with Crippen molar-refractivity contribution in [1.82, 2.24) is 0 Å². The van der Waals surface area contributed by atoms with Gasteiger partial charge in [-0.2, -0.15) is 0 Å². The van der Waals surface area contributed by atoms with E-state index in [2.05, 4.69) is 34.6 Å². The fraction of sp³-hybridized carbons (Fsp3) is 1.00. The molecular formula is C30H50O5. The quantitative estimate of drug-likeness (QED) is 0.460. The lowest BCUT2D eigenvalue weighted by atomic mass is 9.41. The van der Waals surface area contributed by atoms with Crippen LogP contribution in [0.4, 0.5) is 0 Å². The van der Waals surface area contributed by atoms with Crippen LogP contribution in [0.15, 0.2) is 0 Å². The van der Waals surface area contributed by atoms with Gasteiger partial charge in [0.15, 0.2) is 0 Å². The number of aliphatic hydroxyl groups excluding tert-OH is 3. The third-order valence-corrected chi connectivity index (χ3v) is 13.8. The first kappa shape index (κ1) is 25.1. The minimum atomic E-state index is -0.886. The third kappa shape index (κ3) is 2.78. The lowest BCUT2D eigenvalue weighted by Gasteiger charge is -2.64. The maximum Gasteiger partial charge on any atom is 0.0865 e. The monoisotopic (exact) mass is 490 g/mol. The Labute approximate surface area is 212 Å². The summed E-state index contributed by atoms with van der Waals surface area (Å²) in [6, 6.07) is 0. The van der Waals surface area contributed by atoms with Crippen molar-refractivity contribution in [3.63, 3.8) is 0 Å². The van der Waals surface area contributed by atoms with E-state index < -0.39 is 23.4 Å². The first-order valence-corrected chi connectivity index (χ1v) is 14.4. The van der Waals surface area contributed by atoms with Crippen LogP contribution in [0.3, 0.4) is 0 Å². The number of hydrogen-bond acceptors (Lipinski definition) is 5. The van der Waals surface area contributed by atoms with Crippen LogP contribution in [0.2, 0.25) is 0 Å². The summed E-state index contributed by atoms with van der Waals surface area (Å²) in [5, 5.41) is 45.0. The van der Waals surface area contributed by atoms with Gasteiger partial charge in [0.1, 0.15) is 0 Å². The van der Waals surface area contributed by atoms with Gasteiger partial charge >= 0.3 is 0 Å². The van der Waals surface area contributed by atoms with Crippen molar-refractivity contribution in [2.75, 3.05) is 0 Å². The molecule has 5 nitrogen and oxygen atoms in total. The van der Waals surface area contributed by atoms with Gasteiger partial charge in [0.25, 0.3) is 0 Å². The highest BCUT2D eigenvalue weighted by Gasteiger charge is 2.84. The van der Waals surface area contributed by atoms with Crippen LogP contribution in [0.1, 0.15) is 106 Å². The first-order valence-electron chi connectivity index (χ1n) is 14.4. The molecule has 5 aliphatic carbocycles. The Morgan fingerprint density at radius 3 is 2.09 bits per heavy atom. The molecule has 4 N–H and O–H groups in total. The van der Waals surface area contributed by atoms with Gasteiger partial charge in [-0.15, -0.1) is 0 Å². The molecule has 0 aromatic heterocycles. The maximum absolute atomic E-state index is 11.7. The minimum Gasteiger partial charge on any atom is -0.393 e. The van der Waals surface area contributed by atoms with Gasteiger partial charge in [-0.1, -0.05) is 27.7 Å². The van der Waals surface area contributed by atoms with Crippen LogP contribution < -0.4 is 0 Å². The fourth-order valence-electron chi connectivity index (χ4n) is 12.1. The summed E-state index contributed by atoms with van der Waals surface area (Å²) < 4.78 is 6.66. The van der Waals surface area contributed by atoms with Crippen LogP contribution in [0.25, 0.3) is 0 Å². The summed E-state index contributed by atoms with van der Waals surface area (Å²) in [4.78, 5) is 0. The number of fused-ring (bicyclic) bond motifs is 2. The van der Waals surface area contributed by atoms with Gasteiger partial charge in [0.2, 0.25) is 0 Å². The molecule has 6 aliphatic rings. The first-order chi connectivity index (χ1) is 16.0. The maximum atomic E-state index is 11.7. The van der Waals surface area contributed by atoms with E-state index in [9.17, 15) is 20.4 Å². The zero-order valence-corrected chi connectivity index (χ0v) is 23.1. The molecule has 0 aromatic rings. The van der Waals surface area contributed by atoms with E-state index in [0.717, 1.165) is 51.4 Å². The predicted molar refractivity (Wildman–Crippen MR) is 134 cm³/mol. The second-order valence-electron chi connectivity index (χ2n) is 15.9. The molecule has 35 heavy (non-hydrogen) atoms. The molecule has 1 saturated heterocycles. The molecule has 1 heterocycles. The van der Waals surface area contributed by atoms with Crippen molar-refractivity contribution in [2.24, 2.45) is 44.8 Å². The Balaban J connectivity index is 1.37. The van der Waals surface area contributed by atoms with Gasteiger partial charge in [-0.3, -0.25) is 0 Å². The van der Waals surface area contributed by atoms with Gasteiger partial charge in [0.05, 0.1) is 35.6 Å². The Bertz CT molecular complexity index is 911. The molecule has 0 amide bonds. The zero-order valence-electron chi connectivity index (χ0n) is 23.1. The molecule has 5 saturated carbocycles. The highest BCUT2D eigenvalue weighted by molar-refractivity contribution is 5.33. The molecule has 0 aromatic carbocycles. The van der Waals surface area contributed by atoms with E-state index in [1.807, 2.05) is 13.8 Å². The van der Waals surface area contributed by atoms with E-state index in [4.69, 9.17) is 4.74 Å². The smallest absolute Gasteiger partial charge is 0.0865 e. The van der Waals surface area contributed by atoms with E-state index in [1.165, 1.54) is 6.42 Å². The van der Waals surface area contributed by atoms with Gasteiger partial charge in [-0.05, 0) is 117 Å². The number of hydrogen-bond donors (Lipinski definition) is 4. The second-order valence-corrected chi connectivity index (χ2v) is 15.9. The SMILES string of the molecule is CC(C)(O)[C@@H]1CC[C@](C)([C@H]2[C@@H](O)C[C@@]3(C)[C@@H]4C[C@H](O)[C@H]5C(C)(C)[C@@H](O)CC[C@@]56C[C@@]46CC[C@]23C)O1. The average molecular weight is 491 g/mol. The van der Waals surface area contributed by atoms with Crippen molar-refractivity contribution < 1.29 is 25.2 Å². The topological polar surface area (TPSA) is 90.2 Å². The molecular weight excluding hydrogens is 440 g/mol. The highest BCUT2D eigenvalue weighted by atomic mass is 16.5. The average Bonchev–Trinajstić information content (AvgIpc) is 3.08. The Hall–Kier alpha value is -0.200. The predicted octanol–water partition coefficient (Wildman–Crippen LogP) is 4.44. The van der Waals surface area contributed by atoms with Crippen LogP contribution in [-0.2, 0) is 4.74 Å². The summed E-state index contributed by atoms with van der Waals surface area (Å²) >= 11 is 0. The molecule has 6 fully saturated rings. The fourth-order valence-corrected chi connectivity index (χ4v) is 12.1. The standard InChI is InChI=1S/C30H50O5/c1-24(2)20(33)8-11-30-16-29(30)13-12-26(5)23(28(7)10-9-21(35-28)25(3,4)34)18(32)15-27(26,6)19(29)14-17(31)22(24)30/h17-23,31-34H,8-16H2,1-7H3/t17-,18-,19-,20-,21-,22-,23-,26+,27-,28+,29-,30+/m0/s1. The van der Waals surface area contributed by atoms with Crippen molar-refractivity contribution in [3.05, 3.63) is 0 Å². The molecule has 2 spiro atoms. The summed E-state index contributed by atoms with van der Waals surface area (Å²) in [6.45, 7) is 15.0. The van der Waals surface area contributed by atoms with Crippen LogP contribution in [0, 0.1) is 44.8 Å². The van der Waals surface area contributed by atoms with Gasteiger partial charge in [0, 0.05) is 5.92 Å². The Morgan fingerprint density at radius 2 is 1.46 bits per heavy atom. The lowest BCUT2D eigenvalue weighted by molar-refractivity contribution is -0.213. The number of rotatable bonds is 2. The molecule has 0 bridgehead atoms. The van der Waals surface area contributed by atoms with E-state index in [-0.39, 0.29) is 51.1 Å². The molecule has 12 atom stereocenters. The van der Waals surface area contributed by atoms with Crippen LogP contribution in [-0.4, -0.2) is 56.0 Å². The third-order valence-electron chi connectivity index (χ3n) is 13.8. The molecule has 5 heteroatoms. The summed E-state index contributed by atoms with van der Waals surface area (Å²) in [7, 11) is 0. The lowest BCUT2D eigenvalue weighted by Crippen LogP contribution is -2.62. The number of ether oxygens (including phenoxy) is 1. The van der Waals surface area contributed by atoms with Gasteiger partial charge in [-0.25, -0.2) is 0 Å². The van der Waals surface area contributed by atoms with Crippen LogP contribution in [0.5, 0.6) is 0 Å². The summed E-state index contributed by atoms with van der Waals surface area (Å²) in [5.74, 6) is 0.577. The normalized spacial score (nSPS) is 60.9. The number of aliphatic hydroxyl groups is 4. The van der Waals surface area contributed by atoms with Crippen molar-refractivity contribution >= 4 is 0 Å². The molecule has 6 rings (SSSR count). The largest absolute Gasteiger partial charge is 0.393 e. The highest BCUT2D eigenvalue weighted by Crippen LogP contribution is 2.89. The second kappa shape index (κ2) is 6.86. The Morgan fingerprint density at radius 1 is 0.771 bits per heavy atom. The molecule has 0 unspecified atom stereocenters. The Kier molecular flexibility index (Phi) is 4.92. The minimum absolute atomic E-state index is 0.0267. The summed E-state index contributed by atoms with van der Waals surface area (Å²) in [5.41, 5.74) is -1.35. The van der Waals surface area contributed by atoms with Crippen molar-refractivity contribution in [3.8, 4) is 0 Å². The van der Waals surface area contributed by atoms with E-state index >= 15 is 0 Å². The molecule has 200 valence electrons. The summed E-state index contributed by atoms with van der Waals surface area (Å²) in [6.07, 6.45) is 7.18. The van der Waals surface area contributed by atoms with E-state index in [0.29, 0.717) is 5.92 Å². The van der Waals surface area contributed by atoms with Crippen molar-refractivity contribution in [1.29, 1.82) is 0 Å². The van der Waals surface area contributed by atoms with Crippen molar-refractivity contribution in [2.45, 2.75) is 142 Å².